The van der Waals surface area contributed by atoms with Crippen molar-refractivity contribution in [3.05, 3.63) is 61.8 Å². The van der Waals surface area contributed by atoms with Crippen LogP contribution in [-0.2, 0) is 0 Å². The van der Waals surface area contributed by atoms with Crippen LogP contribution in [0.3, 0.4) is 0 Å². The molecule has 7 heteroatoms. The SMILES string of the molecule is O=c1nc(Oc2c(Cl)cccc2Cl)oc2ccc(Cl)cc12. The Morgan fingerprint density at radius 1 is 1.05 bits per heavy atom. The first kappa shape index (κ1) is 14.2. The average Bonchev–Trinajstić information content (AvgIpc) is 2.44. The first-order valence-electron chi connectivity index (χ1n) is 5.77. The van der Waals surface area contributed by atoms with Gasteiger partial charge in [0.15, 0.2) is 5.75 Å². The van der Waals surface area contributed by atoms with Gasteiger partial charge in [-0.25, -0.2) is 0 Å². The molecule has 0 fully saturated rings. The molecule has 0 aliphatic rings. The van der Waals surface area contributed by atoms with E-state index in [4.69, 9.17) is 44.0 Å². The fourth-order valence-electron chi connectivity index (χ4n) is 1.73. The van der Waals surface area contributed by atoms with Crippen LogP contribution in [0.5, 0.6) is 11.8 Å². The van der Waals surface area contributed by atoms with Gasteiger partial charge in [0.1, 0.15) is 5.58 Å². The van der Waals surface area contributed by atoms with Crippen molar-refractivity contribution in [2.24, 2.45) is 0 Å². The second-order valence-electron chi connectivity index (χ2n) is 4.08. The number of nitrogens with zero attached hydrogens (tertiary/aromatic N) is 1. The molecule has 3 rings (SSSR count). The van der Waals surface area contributed by atoms with Gasteiger partial charge in [-0.3, -0.25) is 4.79 Å². The summed E-state index contributed by atoms with van der Waals surface area (Å²) in [6, 6.07) is 9.50. The molecule has 0 radical (unpaired) electrons. The summed E-state index contributed by atoms with van der Waals surface area (Å²) in [5, 5.41) is 1.24. The number of ether oxygens (including phenoxy) is 1. The van der Waals surface area contributed by atoms with Crippen molar-refractivity contribution in [3.63, 3.8) is 0 Å². The zero-order valence-corrected chi connectivity index (χ0v) is 12.5. The molecule has 0 saturated carbocycles. The molecule has 2 aromatic carbocycles. The molecule has 4 nitrogen and oxygen atoms in total. The Balaban J connectivity index is 2.10. The zero-order valence-electron chi connectivity index (χ0n) is 10.3. The Bertz CT molecular complexity index is 872. The van der Waals surface area contributed by atoms with E-state index in [0.717, 1.165) is 0 Å². The van der Waals surface area contributed by atoms with Crippen LogP contribution in [-0.4, -0.2) is 4.98 Å². The molecular formula is C14H6Cl3NO3. The maximum Gasteiger partial charge on any atom is 0.403 e. The molecule has 0 aliphatic carbocycles. The van der Waals surface area contributed by atoms with Crippen molar-refractivity contribution < 1.29 is 9.15 Å². The van der Waals surface area contributed by atoms with Crippen LogP contribution in [0, 0.1) is 0 Å². The maximum absolute atomic E-state index is 11.9. The lowest BCUT2D eigenvalue weighted by molar-refractivity contribution is 0.330. The van der Waals surface area contributed by atoms with E-state index in [1.54, 1.807) is 30.3 Å². The first-order chi connectivity index (χ1) is 10.0. The number of hydrogen-bond acceptors (Lipinski definition) is 4. The van der Waals surface area contributed by atoms with Gasteiger partial charge < -0.3 is 9.15 Å². The first-order valence-corrected chi connectivity index (χ1v) is 6.90. The van der Waals surface area contributed by atoms with Gasteiger partial charge in [0.2, 0.25) is 0 Å². The smallest absolute Gasteiger partial charge is 0.403 e. The van der Waals surface area contributed by atoms with Crippen molar-refractivity contribution >= 4 is 45.8 Å². The second-order valence-corrected chi connectivity index (χ2v) is 5.33. The van der Waals surface area contributed by atoms with E-state index in [2.05, 4.69) is 4.98 Å². The fourth-order valence-corrected chi connectivity index (χ4v) is 2.38. The van der Waals surface area contributed by atoms with Crippen LogP contribution in [0.15, 0.2) is 45.6 Å². The largest absolute Gasteiger partial charge is 0.410 e. The van der Waals surface area contributed by atoms with Gasteiger partial charge >= 0.3 is 6.08 Å². The molecule has 0 N–H and O–H groups in total. The minimum absolute atomic E-state index is 0.171. The molecule has 0 saturated heterocycles. The van der Waals surface area contributed by atoms with Crippen LogP contribution in [0.1, 0.15) is 0 Å². The standard InChI is InChI=1S/C14H6Cl3NO3/c15-7-4-5-11-8(6-7)13(19)18-14(20-11)21-12-9(16)2-1-3-10(12)17/h1-6H. The zero-order chi connectivity index (χ0) is 15.0. The van der Waals surface area contributed by atoms with Crippen molar-refractivity contribution in [1.29, 1.82) is 0 Å². The Labute approximate surface area is 133 Å². The minimum Gasteiger partial charge on any atom is -0.410 e. The molecule has 0 amide bonds. The summed E-state index contributed by atoms with van der Waals surface area (Å²) >= 11 is 17.8. The van der Waals surface area contributed by atoms with Crippen LogP contribution in [0.4, 0.5) is 0 Å². The molecule has 106 valence electrons. The number of aromatic nitrogens is 1. The van der Waals surface area contributed by atoms with E-state index in [1.165, 1.54) is 6.07 Å². The molecule has 1 aromatic heterocycles. The Morgan fingerprint density at radius 2 is 1.76 bits per heavy atom. The molecule has 0 bridgehead atoms. The summed E-state index contributed by atoms with van der Waals surface area (Å²) in [6.45, 7) is 0. The van der Waals surface area contributed by atoms with Crippen LogP contribution in [0.2, 0.25) is 15.1 Å². The third-order valence-electron chi connectivity index (χ3n) is 2.67. The van der Waals surface area contributed by atoms with E-state index < -0.39 is 5.56 Å². The Morgan fingerprint density at radius 3 is 2.48 bits per heavy atom. The highest BCUT2D eigenvalue weighted by atomic mass is 35.5. The summed E-state index contributed by atoms with van der Waals surface area (Å²) in [5.74, 6) is 0.171. The Kier molecular flexibility index (Phi) is 3.76. The van der Waals surface area contributed by atoms with Gasteiger partial charge in [-0.2, -0.15) is 0 Å². The van der Waals surface area contributed by atoms with E-state index in [-0.39, 0.29) is 27.3 Å². The van der Waals surface area contributed by atoms with E-state index >= 15 is 0 Å². The summed E-state index contributed by atoms with van der Waals surface area (Å²) < 4.78 is 10.8. The second kappa shape index (κ2) is 5.56. The highest BCUT2D eigenvalue weighted by Gasteiger charge is 2.13. The Hall–Kier alpha value is -1.75. The molecule has 0 spiro atoms. The van der Waals surface area contributed by atoms with Crippen molar-refractivity contribution in [1.82, 2.24) is 4.98 Å². The predicted molar refractivity (Wildman–Crippen MR) is 81.8 cm³/mol. The molecule has 0 unspecified atom stereocenters. The number of hydrogen-bond donors (Lipinski definition) is 0. The summed E-state index contributed by atoms with van der Waals surface area (Å²) in [5.41, 5.74) is -0.213. The van der Waals surface area contributed by atoms with Gasteiger partial charge in [0.05, 0.1) is 15.4 Å². The minimum atomic E-state index is -0.517. The lowest BCUT2D eigenvalue weighted by Gasteiger charge is -2.07. The van der Waals surface area contributed by atoms with Crippen LogP contribution < -0.4 is 10.3 Å². The predicted octanol–water partition coefficient (Wildman–Crippen LogP) is 4.94. The maximum atomic E-state index is 11.9. The van der Waals surface area contributed by atoms with Crippen molar-refractivity contribution in [3.8, 4) is 11.8 Å². The third kappa shape index (κ3) is 2.83. The topological polar surface area (TPSA) is 52.3 Å². The van der Waals surface area contributed by atoms with Gasteiger partial charge in [-0.1, -0.05) is 40.9 Å². The molecule has 1 heterocycles. The number of halogens is 3. The summed E-state index contributed by atoms with van der Waals surface area (Å²) in [4.78, 5) is 15.6. The lowest BCUT2D eigenvalue weighted by Crippen LogP contribution is -2.07. The van der Waals surface area contributed by atoms with Crippen LogP contribution >= 0.6 is 34.8 Å². The fraction of sp³-hybridized carbons (Fsp3) is 0. The van der Waals surface area contributed by atoms with Gasteiger partial charge in [-0.15, -0.1) is 4.98 Å². The molecule has 0 atom stereocenters. The number of benzene rings is 2. The van der Waals surface area contributed by atoms with E-state index in [1.807, 2.05) is 0 Å². The molecular weight excluding hydrogens is 337 g/mol. The number of rotatable bonds is 2. The molecule has 3 aromatic rings. The van der Waals surface area contributed by atoms with Crippen molar-refractivity contribution in [2.45, 2.75) is 0 Å². The third-order valence-corrected chi connectivity index (χ3v) is 3.50. The van der Waals surface area contributed by atoms with Gasteiger partial charge in [0, 0.05) is 5.02 Å². The van der Waals surface area contributed by atoms with E-state index in [0.29, 0.717) is 10.6 Å². The number of para-hydroxylation sites is 1. The quantitative estimate of drug-likeness (QED) is 0.662. The summed E-state index contributed by atoms with van der Waals surface area (Å²) in [7, 11) is 0. The van der Waals surface area contributed by atoms with Gasteiger partial charge in [0.25, 0.3) is 5.56 Å². The van der Waals surface area contributed by atoms with Crippen molar-refractivity contribution in [2.75, 3.05) is 0 Å². The monoisotopic (exact) mass is 341 g/mol. The molecule has 21 heavy (non-hydrogen) atoms. The summed E-state index contributed by atoms with van der Waals surface area (Å²) in [6.07, 6.45) is -0.246. The van der Waals surface area contributed by atoms with E-state index in [9.17, 15) is 4.79 Å². The highest BCUT2D eigenvalue weighted by Crippen LogP contribution is 2.35. The average molecular weight is 343 g/mol. The lowest BCUT2D eigenvalue weighted by atomic mass is 10.2. The van der Waals surface area contributed by atoms with Gasteiger partial charge in [-0.05, 0) is 30.3 Å². The molecule has 0 aliphatic heterocycles. The number of fused-ring (bicyclic) bond motifs is 1. The normalized spacial score (nSPS) is 10.8. The highest BCUT2D eigenvalue weighted by molar-refractivity contribution is 6.37. The van der Waals surface area contributed by atoms with Crippen LogP contribution in [0.25, 0.3) is 11.0 Å².